The van der Waals surface area contributed by atoms with Crippen molar-refractivity contribution in [2.45, 2.75) is 23.8 Å². The van der Waals surface area contributed by atoms with Crippen LogP contribution in [-0.4, -0.2) is 55.8 Å². The van der Waals surface area contributed by atoms with Gasteiger partial charge in [0, 0.05) is 19.3 Å². The first kappa shape index (κ1) is 15.5. The second-order valence-corrected chi connectivity index (χ2v) is 7.50. The van der Waals surface area contributed by atoms with Gasteiger partial charge in [-0.05, 0) is 39.0 Å². The third kappa shape index (κ3) is 3.06. The zero-order valence-electron chi connectivity index (χ0n) is 11.6. The maximum atomic E-state index is 12.5. The molecule has 2 rings (SSSR count). The SMILES string of the molecule is CN1CCC(N(C)S(=O)(=O)c2cnc(N)c(Cl)c2)CC1. The van der Waals surface area contributed by atoms with Crippen LogP contribution in [0.2, 0.25) is 5.02 Å². The molecule has 0 aromatic carbocycles. The van der Waals surface area contributed by atoms with Crippen molar-refractivity contribution in [3.63, 3.8) is 0 Å². The molecule has 1 aliphatic heterocycles. The summed E-state index contributed by atoms with van der Waals surface area (Å²) in [6.45, 7) is 1.79. The Morgan fingerprint density at radius 1 is 1.45 bits per heavy atom. The van der Waals surface area contributed by atoms with Crippen LogP contribution in [0, 0.1) is 0 Å². The van der Waals surface area contributed by atoms with Crippen LogP contribution in [0.25, 0.3) is 0 Å². The van der Waals surface area contributed by atoms with E-state index in [0.29, 0.717) is 0 Å². The average molecular weight is 319 g/mol. The molecular weight excluding hydrogens is 300 g/mol. The number of likely N-dealkylation sites (tertiary alicyclic amines) is 1. The number of hydrogen-bond acceptors (Lipinski definition) is 5. The summed E-state index contributed by atoms with van der Waals surface area (Å²) in [4.78, 5) is 6.09. The molecule has 0 radical (unpaired) electrons. The number of pyridine rings is 1. The van der Waals surface area contributed by atoms with Crippen LogP contribution in [0.1, 0.15) is 12.8 Å². The van der Waals surface area contributed by atoms with E-state index in [1.807, 2.05) is 7.05 Å². The van der Waals surface area contributed by atoms with E-state index in [4.69, 9.17) is 17.3 Å². The van der Waals surface area contributed by atoms with Gasteiger partial charge in [0.1, 0.15) is 10.7 Å². The van der Waals surface area contributed by atoms with E-state index in [-0.39, 0.29) is 21.8 Å². The molecule has 1 aromatic heterocycles. The Kier molecular flexibility index (Phi) is 4.53. The smallest absolute Gasteiger partial charge is 0.244 e. The van der Waals surface area contributed by atoms with E-state index >= 15 is 0 Å². The summed E-state index contributed by atoms with van der Waals surface area (Å²) < 4.78 is 26.5. The number of anilines is 1. The predicted octanol–water partition coefficient (Wildman–Crippen LogP) is 1.03. The molecule has 0 aliphatic carbocycles. The number of aromatic nitrogens is 1. The number of piperidine rings is 1. The Morgan fingerprint density at radius 2 is 2.05 bits per heavy atom. The quantitative estimate of drug-likeness (QED) is 0.900. The number of halogens is 1. The lowest BCUT2D eigenvalue weighted by molar-refractivity contribution is 0.197. The number of nitrogen functional groups attached to an aromatic ring is 1. The largest absolute Gasteiger partial charge is 0.382 e. The summed E-state index contributed by atoms with van der Waals surface area (Å²) in [5.41, 5.74) is 5.51. The Balaban J connectivity index is 2.23. The molecule has 112 valence electrons. The summed E-state index contributed by atoms with van der Waals surface area (Å²) in [7, 11) is 0.0598. The normalized spacial score (nSPS) is 18.6. The molecule has 8 heteroatoms. The summed E-state index contributed by atoms with van der Waals surface area (Å²) in [6.07, 6.45) is 2.90. The van der Waals surface area contributed by atoms with Crippen LogP contribution in [-0.2, 0) is 10.0 Å². The van der Waals surface area contributed by atoms with E-state index in [1.54, 1.807) is 7.05 Å². The highest BCUT2D eigenvalue weighted by molar-refractivity contribution is 7.89. The van der Waals surface area contributed by atoms with Crippen LogP contribution in [0.15, 0.2) is 17.2 Å². The average Bonchev–Trinajstić information content (AvgIpc) is 2.41. The number of sulfonamides is 1. The molecular formula is C12H19ClN4O2S. The molecule has 1 saturated heterocycles. The van der Waals surface area contributed by atoms with Gasteiger partial charge >= 0.3 is 0 Å². The second kappa shape index (κ2) is 5.85. The molecule has 1 aromatic rings. The van der Waals surface area contributed by atoms with Gasteiger partial charge in [0.25, 0.3) is 0 Å². The predicted molar refractivity (Wildman–Crippen MR) is 79.1 cm³/mol. The number of nitrogens with two attached hydrogens (primary N) is 1. The minimum absolute atomic E-state index is 0.00697. The van der Waals surface area contributed by atoms with Crippen molar-refractivity contribution in [2.24, 2.45) is 0 Å². The van der Waals surface area contributed by atoms with Crippen molar-refractivity contribution < 1.29 is 8.42 Å². The third-order valence-electron chi connectivity index (χ3n) is 3.72. The van der Waals surface area contributed by atoms with E-state index in [9.17, 15) is 8.42 Å². The molecule has 0 saturated carbocycles. The molecule has 0 unspecified atom stereocenters. The first-order valence-electron chi connectivity index (χ1n) is 6.40. The highest BCUT2D eigenvalue weighted by Gasteiger charge is 2.30. The monoisotopic (exact) mass is 318 g/mol. The first-order valence-corrected chi connectivity index (χ1v) is 8.22. The zero-order valence-corrected chi connectivity index (χ0v) is 13.2. The fourth-order valence-electron chi connectivity index (χ4n) is 2.29. The van der Waals surface area contributed by atoms with E-state index in [2.05, 4.69) is 9.88 Å². The lowest BCUT2D eigenvalue weighted by Gasteiger charge is -2.34. The highest BCUT2D eigenvalue weighted by atomic mass is 35.5. The van der Waals surface area contributed by atoms with E-state index in [1.165, 1.54) is 16.6 Å². The Labute approximate surface area is 124 Å². The van der Waals surface area contributed by atoms with Gasteiger partial charge in [-0.1, -0.05) is 11.6 Å². The summed E-state index contributed by atoms with van der Waals surface area (Å²) in [5, 5.41) is 0.155. The molecule has 1 aliphatic rings. The molecule has 0 spiro atoms. The zero-order chi connectivity index (χ0) is 14.9. The number of hydrogen-bond donors (Lipinski definition) is 1. The van der Waals surface area contributed by atoms with Crippen LogP contribution in [0.3, 0.4) is 0 Å². The Hall–Kier alpha value is -0.890. The molecule has 0 bridgehead atoms. The van der Waals surface area contributed by atoms with Crippen molar-refractivity contribution in [1.82, 2.24) is 14.2 Å². The van der Waals surface area contributed by atoms with Gasteiger partial charge in [0.15, 0.2) is 0 Å². The van der Waals surface area contributed by atoms with Crippen molar-refractivity contribution in [3.8, 4) is 0 Å². The molecule has 0 atom stereocenters. The lowest BCUT2D eigenvalue weighted by Crippen LogP contribution is -2.44. The third-order valence-corrected chi connectivity index (χ3v) is 5.90. The Morgan fingerprint density at radius 3 is 2.60 bits per heavy atom. The van der Waals surface area contributed by atoms with Gasteiger partial charge in [-0.2, -0.15) is 4.31 Å². The molecule has 6 nitrogen and oxygen atoms in total. The van der Waals surface area contributed by atoms with Crippen LogP contribution in [0.4, 0.5) is 5.82 Å². The first-order chi connectivity index (χ1) is 9.32. The maximum absolute atomic E-state index is 12.5. The molecule has 1 fully saturated rings. The van der Waals surface area contributed by atoms with Crippen LogP contribution < -0.4 is 5.73 Å². The summed E-state index contributed by atoms with van der Waals surface area (Å²) >= 11 is 5.85. The van der Waals surface area contributed by atoms with E-state index in [0.717, 1.165) is 25.9 Å². The number of nitrogens with zero attached hydrogens (tertiary/aromatic N) is 3. The van der Waals surface area contributed by atoms with Crippen LogP contribution in [0.5, 0.6) is 0 Å². The molecule has 0 amide bonds. The molecule has 2 heterocycles. The standard InChI is InChI=1S/C12H19ClN4O2S/c1-16-5-3-9(4-6-16)17(2)20(18,19)10-7-11(13)12(14)15-8-10/h7-9H,3-6H2,1-2H3,(H2,14,15). The molecule has 2 N–H and O–H groups in total. The fraction of sp³-hybridized carbons (Fsp3) is 0.583. The van der Waals surface area contributed by atoms with Gasteiger partial charge < -0.3 is 10.6 Å². The minimum atomic E-state index is -3.58. The van der Waals surface area contributed by atoms with E-state index < -0.39 is 10.0 Å². The topological polar surface area (TPSA) is 79.5 Å². The highest BCUT2D eigenvalue weighted by Crippen LogP contribution is 2.25. The van der Waals surface area contributed by atoms with Gasteiger partial charge in [-0.3, -0.25) is 0 Å². The Bertz CT molecular complexity index is 585. The van der Waals surface area contributed by atoms with Crippen molar-refractivity contribution in [3.05, 3.63) is 17.3 Å². The second-order valence-electron chi connectivity index (χ2n) is 5.09. The summed E-state index contributed by atoms with van der Waals surface area (Å²) in [6, 6.07) is 1.36. The minimum Gasteiger partial charge on any atom is -0.382 e. The van der Waals surface area contributed by atoms with Crippen molar-refractivity contribution >= 4 is 27.4 Å². The van der Waals surface area contributed by atoms with Crippen molar-refractivity contribution in [1.29, 1.82) is 0 Å². The van der Waals surface area contributed by atoms with Gasteiger partial charge in [0.05, 0.1) is 5.02 Å². The van der Waals surface area contributed by atoms with Crippen LogP contribution >= 0.6 is 11.6 Å². The molecule has 20 heavy (non-hydrogen) atoms. The van der Waals surface area contributed by atoms with Gasteiger partial charge in [-0.25, -0.2) is 13.4 Å². The number of rotatable bonds is 3. The maximum Gasteiger partial charge on any atom is 0.244 e. The van der Waals surface area contributed by atoms with Gasteiger partial charge in [-0.15, -0.1) is 0 Å². The summed E-state index contributed by atoms with van der Waals surface area (Å²) in [5.74, 6) is 0.132. The lowest BCUT2D eigenvalue weighted by atomic mass is 10.1. The van der Waals surface area contributed by atoms with Gasteiger partial charge in [0.2, 0.25) is 10.0 Å². The fourth-order valence-corrected chi connectivity index (χ4v) is 3.91. The van der Waals surface area contributed by atoms with Crippen molar-refractivity contribution in [2.75, 3.05) is 32.9 Å².